The molecule has 36 heavy (non-hydrogen) atoms. The predicted octanol–water partition coefficient (Wildman–Crippen LogP) is 6.59. The molecule has 2 N–H and O–H groups in total. The summed E-state index contributed by atoms with van der Waals surface area (Å²) >= 11 is 0. The van der Waals surface area contributed by atoms with Gasteiger partial charge in [0.05, 0.1) is 26.9 Å². The highest BCUT2D eigenvalue weighted by atomic mass is 16.5. The average molecular weight is 489 g/mol. The normalized spacial score (nSPS) is 10.3. The van der Waals surface area contributed by atoms with Crippen molar-refractivity contribution in [1.29, 1.82) is 0 Å². The highest BCUT2D eigenvalue weighted by Crippen LogP contribution is 2.49. The summed E-state index contributed by atoms with van der Waals surface area (Å²) in [6.45, 7) is 9.74. The van der Waals surface area contributed by atoms with Crippen molar-refractivity contribution >= 4 is 11.6 Å². The van der Waals surface area contributed by atoms with Gasteiger partial charge in [-0.3, -0.25) is 0 Å². The maximum Gasteiger partial charge on any atom is 0.172 e. The van der Waals surface area contributed by atoms with Gasteiger partial charge in [0.2, 0.25) is 0 Å². The number of aromatic nitrogens is 2. The molecule has 3 rings (SSSR count). The molecule has 0 saturated heterocycles. The Kier molecular flexibility index (Phi) is 9.33. The Balaban J connectivity index is 1.98. The molecule has 0 fully saturated rings. The molecule has 0 unspecified atom stereocenters. The van der Waals surface area contributed by atoms with E-state index >= 15 is 0 Å². The quantitative estimate of drug-likeness (QED) is 0.295. The molecule has 7 nitrogen and oxygen atoms in total. The van der Waals surface area contributed by atoms with E-state index in [-0.39, 0.29) is 0 Å². The summed E-state index contributed by atoms with van der Waals surface area (Å²) in [6.07, 6.45) is 7.86. The van der Waals surface area contributed by atoms with Crippen LogP contribution in [0.25, 0.3) is 22.3 Å². The van der Waals surface area contributed by atoms with Crippen molar-refractivity contribution in [3.05, 3.63) is 66.0 Å². The van der Waals surface area contributed by atoms with Gasteiger partial charge < -0.3 is 24.8 Å². The van der Waals surface area contributed by atoms with E-state index in [1.807, 2.05) is 36.5 Å². The standard InChI is InChI=1S/C29H36N4O3/c1-19(2)12-14-30-25-10-8-21(17-32-25)23-16-24(34-5)27(29(36-7)28(23)35-6)22-9-11-26(33-18-22)31-15-13-20(3)4/h8-13,16-18H,14-15H2,1-7H3,(H,30,32)(H,31,33). The fraction of sp³-hybridized carbons (Fsp3) is 0.310. The van der Waals surface area contributed by atoms with E-state index in [4.69, 9.17) is 14.2 Å². The Hall–Kier alpha value is -4.00. The number of rotatable bonds is 11. The Morgan fingerprint density at radius 3 is 1.67 bits per heavy atom. The van der Waals surface area contributed by atoms with Crippen LogP contribution in [0.3, 0.4) is 0 Å². The van der Waals surface area contributed by atoms with E-state index in [1.54, 1.807) is 27.5 Å². The largest absolute Gasteiger partial charge is 0.496 e. The number of ether oxygens (including phenoxy) is 3. The second-order valence-electron chi connectivity index (χ2n) is 8.76. The summed E-state index contributed by atoms with van der Waals surface area (Å²) in [5, 5.41) is 6.60. The van der Waals surface area contributed by atoms with Crippen LogP contribution in [-0.4, -0.2) is 44.4 Å². The van der Waals surface area contributed by atoms with Gasteiger partial charge in [-0.1, -0.05) is 23.3 Å². The van der Waals surface area contributed by atoms with Gasteiger partial charge in [0.25, 0.3) is 0 Å². The summed E-state index contributed by atoms with van der Waals surface area (Å²) in [5.41, 5.74) is 5.86. The first-order chi connectivity index (χ1) is 17.4. The van der Waals surface area contributed by atoms with E-state index in [1.165, 1.54) is 11.1 Å². The van der Waals surface area contributed by atoms with Crippen LogP contribution in [0.5, 0.6) is 17.2 Å². The van der Waals surface area contributed by atoms with Crippen molar-refractivity contribution in [2.75, 3.05) is 45.1 Å². The SMILES string of the molecule is COc1cc(-c2ccc(NCC=C(C)C)nc2)c(OC)c(OC)c1-c1ccc(NCC=C(C)C)nc1. The smallest absolute Gasteiger partial charge is 0.172 e. The zero-order valence-corrected chi connectivity index (χ0v) is 22.2. The lowest BCUT2D eigenvalue weighted by atomic mass is 9.98. The molecule has 0 aliphatic carbocycles. The number of benzene rings is 1. The van der Waals surface area contributed by atoms with Gasteiger partial charge in [-0.25, -0.2) is 9.97 Å². The molecule has 7 heteroatoms. The summed E-state index contributed by atoms with van der Waals surface area (Å²) in [6, 6.07) is 9.84. The zero-order chi connectivity index (χ0) is 26.1. The van der Waals surface area contributed by atoms with Crippen LogP contribution in [0, 0.1) is 0 Å². The van der Waals surface area contributed by atoms with E-state index in [0.29, 0.717) is 17.2 Å². The molecular weight excluding hydrogens is 452 g/mol. The summed E-state index contributed by atoms with van der Waals surface area (Å²) in [5.74, 6) is 3.42. The lowest BCUT2D eigenvalue weighted by Gasteiger charge is -2.20. The first kappa shape index (κ1) is 26.6. The Bertz CT molecular complexity index is 1210. The Morgan fingerprint density at radius 2 is 1.25 bits per heavy atom. The van der Waals surface area contributed by atoms with E-state index in [0.717, 1.165) is 47.0 Å². The van der Waals surface area contributed by atoms with E-state index < -0.39 is 0 Å². The minimum Gasteiger partial charge on any atom is -0.496 e. The van der Waals surface area contributed by atoms with Crippen LogP contribution in [0.4, 0.5) is 11.6 Å². The zero-order valence-electron chi connectivity index (χ0n) is 22.2. The second kappa shape index (κ2) is 12.6. The highest BCUT2D eigenvalue weighted by molar-refractivity contribution is 5.87. The number of nitrogens with one attached hydrogen (secondary N) is 2. The van der Waals surface area contributed by atoms with E-state index in [2.05, 4.69) is 60.4 Å². The average Bonchev–Trinajstić information content (AvgIpc) is 2.87. The monoisotopic (exact) mass is 488 g/mol. The molecule has 0 aliphatic rings. The topological polar surface area (TPSA) is 77.5 Å². The van der Waals surface area contributed by atoms with Crippen molar-refractivity contribution < 1.29 is 14.2 Å². The third kappa shape index (κ3) is 6.56. The predicted molar refractivity (Wildman–Crippen MR) is 148 cm³/mol. The van der Waals surface area contributed by atoms with Crippen molar-refractivity contribution in [3.8, 4) is 39.5 Å². The van der Waals surface area contributed by atoms with Crippen LogP contribution in [0.1, 0.15) is 27.7 Å². The van der Waals surface area contributed by atoms with Crippen LogP contribution >= 0.6 is 0 Å². The van der Waals surface area contributed by atoms with Gasteiger partial charge >= 0.3 is 0 Å². The number of methoxy groups -OCH3 is 3. The fourth-order valence-corrected chi connectivity index (χ4v) is 3.69. The van der Waals surface area contributed by atoms with Gasteiger partial charge in [0.15, 0.2) is 11.5 Å². The van der Waals surface area contributed by atoms with Gasteiger partial charge in [0, 0.05) is 42.2 Å². The van der Waals surface area contributed by atoms with Crippen molar-refractivity contribution in [3.63, 3.8) is 0 Å². The van der Waals surface area contributed by atoms with E-state index in [9.17, 15) is 0 Å². The summed E-state index contributed by atoms with van der Waals surface area (Å²) in [7, 11) is 4.91. The molecule has 1 aromatic carbocycles. The van der Waals surface area contributed by atoms with Gasteiger partial charge in [0.1, 0.15) is 17.4 Å². The van der Waals surface area contributed by atoms with Crippen LogP contribution < -0.4 is 24.8 Å². The number of allylic oxidation sites excluding steroid dienone is 2. The molecule has 0 amide bonds. The maximum absolute atomic E-state index is 5.85. The number of pyridine rings is 2. The van der Waals surface area contributed by atoms with Crippen molar-refractivity contribution in [2.45, 2.75) is 27.7 Å². The minimum atomic E-state index is 0.574. The Morgan fingerprint density at radius 1 is 0.722 bits per heavy atom. The molecule has 0 atom stereocenters. The molecule has 0 aliphatic heterocycles. The van der Waals surface area contributed by atoms with Crippen LogP contribution in [-0.2, 0) is 0 Å². The summed E-state index contributed by atoms with van der Waals surface area (Å²) < 4.78 is 17.5. The highest BCUT2D eigenvalue weighted by Gasteiger charge is 2.23. The first-order valence-corrected chi connectivity index (χ1v) is 11.9. The van der Waals surface area contributed by atoms with Crippen LogP contribution in [0.15, 0.2) is 66.0 Å². The van der Waals surface area contributed by atoms with Gasteiger partial charge in [-0.05, 0) is 58.0 Å². The summed E-state index contributed by atoms with van der Waals surface area (Å²) in [4.78, 5) is 9.14. The molecule has 0 spiro atoms. The Labute approximate surface area is 214 Å². The molecule has 2 aromatic heterocycles. The first-order valence-electron chi connectivity index (χ1n) is 11.9. The minimum absolute atomic E-state index is 0.574. The lowest BCUT2D eigenvalue weighted by molar-refractivity contribution is 0.352. The van der Waals surface area contributed by atoms with Crippen molar-refractivity contribution in [2.24, 2.45) is 0 Å². The third-order valence-electron chi connectivity index (χ3n) is 5.54. The molecule has 190 valence electrons. The number of hydrogen-bond donors (Lipinski definition) is 2. The molecule has 0 bridgehead atoms. The van der Waals surface area contributed by atoms with Gasteiger partial charge in [-0.15, -0.1) is 0 Å². The third-order valence-corrected chi connectivity index (χ3v) is 5.54. The fourth-order valence-electron chi connectivity index (χ4n) is 3.69. The number of hydrogen-bond acceptors (Lipinski definition) is 7. The molecule has 3 aromatic rings. The van der Waals surface area contributed by atoms with Crippen LogP contribution in [0.2, 0.25) is 0 Å². The lowest BCUT2D eigenvalue weighted by Crippen LogP contribution is -2.02. The molecule has 0 radical (unpaired) electrons. The molecular formula is C29H36N4O3. The number of anilines is 2. The molecule has 0 saturated carbocycles. The maximum atomic E-state index is 5.85. The van der Waals surface area contributed by atoms with Gasteiger partial charge in [-0.2, -0.15) is 0 Å². The van der Waals surface area contributed by atoms with Crippen molar-refractivity contribution in [1.82, 2.24) is 9.97 Å². The molecule has 2 heterocycles. The number of nitrogens with zero attached hydrogens (tertiary/aromatic N) is 2. The second-order valence-corrected chi connectivity index (χ2v) is 8.76.